The van der Waals surface area contributed by atoms with E-state index in [0.29, 0.717) is 5.56 Å². The summed E-state index contributed by atoms with van der Waals surface area (Å²) in [5.74, 6) is -2.78. The number of carbonyl (C=O) groups is 2. The van der Waals surface area contributed by atoms with Crippen LogP contribution in [0, 0.1) is 0 Å². The number of amides is 1. The van der Waals surface area contributed by atoms with Gasteiger partial charge in [0.1, 0.15) is 6.04 Å². The van der Waals surface area contributed by atoms with Crippen LogP contribution in [0.2, 0.25) is 0 Å². The number of hydrogen-bond donors (Lipinski definition) is 3. The average Bonchev–Trinajstić information content (AvgIpc) is 2.58. The van der Waals surface area contributed by atoms with Gasteiger partial charge in [0.05, 0.1) is 5.75 Å². The number of aliphatic carboxylic acids is 1. The van der Waals surface area contributed by atoms with Crippen LogP contribution in [0.1, 0.15) is 16.8 Å². The van der Waals surface area contributed by atoms with Gasteiger partial charge in [0.15, 0.2) is 0 Å². The first-order valence-corrected chi connectivity index (χ1v) is 9.02. The summed E-state index contributed by atoms with van der Waals surface area (Å²) in [6, 6.07) is 14.4. The van der Waals surface area contributed by atoms with Crippen LogP contribution >= 0.6 is 0 Å². The molecule has 25 heavy (non-hydrogen) atoms. The number of carboxylic acid groups (broad SMARTS) is 1. The molecule has 0 heterocycles. The van der Waals surface area contributed by atoms with Crippen molar-refractivity contribution in [2.75, 3.05) is 5.75 Å². The molecule has 0 radical (unpaired) electrons. The van der Waals surface area contributed by atoms with Crippen LogP contribution in [0.15, 0.2) is 54.6 Å². The van der Waals surface area contributed by atoms with Gasteiger partial charge in [-0.2, -0.15) is 8.42 Å². The molecule has 2 aromatic rings. The van der Waals surface area contributed by atoms with Crippen LogP contribution in [0.25, 0.3) is 11.1 Å². The summed E-state index contributed by atoms with van der Waals surface area (Å²) in [5, 5.41) is 11.5. The van der Waals surface area contributed by atoms with Gasteiger partial charge in [-0.1, -0.05) is 48.5 Å². The first-order chi connectivity index (χ1) is 11.8. The smallest absolute Gasteiger partial charge is 0.326 e. The Morgan fingerprint density at radius 3 is 2.20 bits per heavy atom. The Hall–Kier alpha value is -2.71. The zero-order valence-electron chi connectivity index (χ0n) is 13.1. The Bertz CT molecular complexity index is 864. The van der Waals surface area contributed by atoms with Crippen molar-refractivity contribution < 1.29 is 27.7 Å². The Balaban J connectivity index is 2.24. The van der Waals surface area contributed by atoms with E-state index < -0.39 is 40.2 Å². The highest BCUT2D eigenvalue weighted by Crippen LogP contribution is 2.23. The highest BCUT2D eigenvalue weighted by Gasteiger charge is 2.24. The lowest BCUT2D eigenvalue weighted by Crippen LogP contribution is -2.42. The number of hydrogen-bond acceptors (Lipinski definition) is 4. The molecule has 1 atom stereocenters. The molecule has 7 nitrogen and oxygen atoms in total. The molecule has 0 bridgehead atoms. The molecule has 0 aliphatic rings. The van der Waals surface area contributed by atoms with Crippen molar-refractivity contribution in [1.82, 2.24) is 5.32 Å². The second kappa shape index (κ2) is 7.91. The molecule has 2 aromatic carbocycles. The Kier molecular flexibility index (Phi) is 5.89. The largest absolute Gasteiger partial charge is 0.480 e. The van der Waals surface area contributed by atoms with E-state index in [0.717, 1.165) is 5.56 Å². The lowest BCUT2D eigenvalue weighted by atomic mass is 9.99. The predicted molar refractivity (Wildman–Crippen MR) is 91.8 cm³/mol. The van der Waals surface area contributed by atoms with Crippen LogP contribution in [0.3, 0.4) is 0 Å². The number of nitrogens with one attached hydrogen (secondary N) is 1. The van der Waals surface area contributed by atoms with Gasteiger partial charge in [-0.3, -0.25) is 9.35 Å². The molecule has 0 aromatic heterocycles. The summed E-state index contributed by atoms with van der Waals surface area (Å²) in [6.07, 6.45) is -0.437. The highest BCUT2D eigenvalue weighted by molar-refractivity contribution is 7.85. The lowest BCUT2D eigenvalue weighted by molar-refractivity contribution is -0.139. The molecule has 1 amide bonds. The van der Waals surface area contributed by atoms with Gasteiger partial charge in [0.25, 0.3) is 16.0 Å². The average molecular weight is 363 g/mol. The molecule has 0 saturated carbocycles. The van der Waals surface area contributed by atoms with Crippen LogP contribution in [-0.2, 0) is 14.9 Å². The van der Waals surface area contributed by atoms with E-state index in [-0.39, 0.29) is 5.56 Å². The molecule has 0 spiro atoms. The summed E-state index contributed by atoms with van der Waals surface area (Å²) < 4.78 is 30.4. The lowest BCUT2D eigenvalue weighted by Gasteiger charge is -2.15. The fourth-order valence-electron chi connectivity index (χ4n) is 2.31. The molecule has 0 unspecified atom stereocenters. The van der Waals surface area contributed by atoms with Crippen molar-refractivity contribution in [2.45, 2.75) is 12.5 Å². The summed E-state index contributed by atoms with van der Waals surface area (Å²) in [6.45, 7) is 0. The third-order valence-corrected chi connectivity index (χ3v) is 4.28. The molecule has 0 saturated heterocycles. The van der Waals surface area contributed by atoms with Crippen molar-refractivity contribution >= 4 is 22.0 Å². The van der Waals surface area contributed by atoms with Crippen LogP contribution in [0.5, 0.6) is 0 Å². The molecular formula is C17H17NO6S. The summed E-state index contributed by atoms with van der Waals surface area (Å²) in [5.41, 5.74) is 1.68. The van der Waals surface area contributed by atoms with Gasteiger partial charge in [-0.25, -0.2) is 4.79 Å². The molecule has 8 heteroatoms. The van der Waals surface area contributed by atoms with Crippen LogP contribution in [-0.4, -0.2) is 41.7 Å². The zero-order valence-corrected chi connectivity index (χ0v) is 13.9. The maximum absolute atomic E-state index is 12.5. The highest BCUT2D eigenvalue weighted by atomic mass is 32.2. The van der Waals surface area contributed by atoms with Crippen LogP contribution in [0.4, 0.5) is 0 Å². The summed E-state index contributed by atoms with van der Waals surface area (Å²) in [4.78, 5) is 23.7. The van der Waals surface area contributed by atoms with Gasteiger partial charge >= 0.3 is 5.97 Å². The third-order valence-electron chi connectivity index (χ3n) is 3.52. The van der Waals surface area contributed by atoms with Crippen molar-refractivity contribution in [1.29, 1.82) is 0 Å². The molecule has 3 N–H and O–H groups in total. The fraction of sp³-hybridized carbons (Fsp3) is 0.176. The fourth-order valence-corrected chi connectivity index (χ4v) is 2.84. The van der Waals surface area contributed by atoms with E-state index in [4.69, 9.17) is 9.66 Å². The van der Waals surface area contributed by atoms with Crippen molar-refractivity contribution in [3.63, 3.8) is 0 Å². The minimum atomic E-state index is -4.32. The van der Waals surface area contributed by atoms with Crippen LogP contribution < -0.4 is 5.32 Å². The maximum atomic E-state index is 12.5. The van der Waals surface area contributed by atoms with Crippen molar-refractivity contribution in [3.8, 4) is 11.1 Å². The number of benzene rings is 2. The van der Waals surface area contributed by atoms with Crippen molar-refractivity contribution in [2.24, 2.45) is 0 Å². The molecule has 0 aliphatic carbocycles. The number of carboxylic acids is 1. The summed E-state index contributed by atoms with van der Waals surface area (Å²) in [7, 11) is -4.32. The third kappa shape index (κ3) is 5.40. The molecule has 0 aliphatic heterocycles. The Labute approximate surface area is 145 Å². The monoisotopic (exact) mass is 363 g/mol. The molecule has 132 valence electrons. The Morgan fingerprint density at radius 1 is 1.00 bits per heavy atom. The van der Waals surface area contributed by atoms with E-state index in [9.17, 15) is 18.0 Å². The summed E-state index contributed by atoms with van der Waals surface area (Å²) >= 11 is 0. The van der Waals surface area contributed by atoms with Gasteiger partial charge in [0, 0.05) is 5.56 Å². The van der Waals surface area contributed by atoms with E-state index in [1.165, 1.54) is 0 Å². The first kappa shape index (κ1) is 18.6. The molecular weight excluding hydrogens is 346 g/mol. The zero-order chi connectivity index (χ0) is 18.4. The van der Waals surface area contributed by atoms with E-state index in [2.05, 4.69) is 5.32 Å². The van der Waals surface area contributed by atoms with Gasteiger partial charge < -0.3 is 10.4 Å². The van der Waals surface area contributed by atoms with Crippen molar-refractivity contribution in [3.05, 3.63) is 60.2 Å². The SMILES string of the molecule is O=C(N[C@@H](CCS(=O)(=O)O)C(=O)O)c1ccccc1-c1ccccc1. The first-order valence-electron chi connectivity index (χ1n) is 7.41. The Morgan fingerprint density at radius 2 is 1.60 bits per heavy atom. The number of rotatable bonds is 7. The van der Waals surface area contributed by atoms with E-state index in [1.54, 1.807) is 24.3 Å². The van der Waals surface area contributed by atoms with Gasteiger partial charge in [-0.05, 0) is 23.6 Å². The van der Waals surface area contributed by atoms with E-state index in [1.807, 2.05) is 30.3 Å². The van der Waals surface area contributed by atoms with E-state index >= 15 is 0 Å². The van der Waals surface area contributed by atoms with Gasteiger partial charge in [-0.15, -0.1) is 0 Å². The maximum Gasteiger partial charge on any atom is 0.326 e. The predicted octanol–water partition coefficient (Wildman–Crippen LogP) is 1.81. The molecule has 2 rings (SSSR count). The second-order valence-electron chi connectivity index (χ2n) is 5.35. The standard InChI is InChI=1S/C17H17NO6S/c19-16(18-15(17(20)21)10-11-25(22,23)24)14-9-5-4-8-13(14)12-6-2-1-3-7-12/h1-9,15H,10-11H2,(H,18,19)(H,20,21)(H,22,23,24)/t15-/m0/s1. The molecule has 0 fully saturated rings. The van der Waals surface area contributed by atoms with Gasteiger partial charge in [0.2, 0.25) is 0 Å². The minimum absolute atomic E-state index is 0.270. The number of carbonyl (C=O) groups excluding carboxylic acids is 1. The second-order valence-corrected chi connectivity index (χ2v) is 6.92. The normalized spacial score (nSPS) is 12.4. The quantitative estimate of drug-likeness (QED) is 0.645. The topological polar surface area (TPSA) is 121 Å². The minimum Gasteiger partial charge on any atom is -0.480 e.